The summed E-state index contributed by atoms with van der Waals surface area (Å²) in [5.74, 6) is 0. The molecule has 0 aliphatic rings. The largest absolute Gasteiger partial charge is 0.399 e. The van der Waals surface area contributed by atoms with Gasteiger partial charge in [0, 0.05) is 27.4 Å². The fourth-order valence-corrected chi connectivity index (χ4v) is 0.453. The van der Waals surface area contributed by atoms with Crippen molar-refractivity contribution in [2.45, 2.75) is 0 Å². The summed E-state index contributed by atoms with van der Waals surface area (Å²) in [7, 11) is 0. The Balaban J connectivity index is 0.000000490. The van der Waals surface area contributed by atoms with Crippen molar-refractivity contribution in [1.82, 2.24) is 0 Å². The number of para-hydroxylation sites is 1. The van der Waals surface area contributed by atoms with E-state index >= 15 is 0 Å². The van der Waals surface area contributed by atoms with Crippen LogP contribution in [0.5, 0.6) is 0 Å². The number of nitrogens with two attached hydrogens (primary N) is 1. The van der Waals surface area contributed by atoms with Gasteiger partial charge in [-0.3, -0.25) is 0 Å². The summed E-state index contributed by atoms with van der Waals surface area (Å²) in [6, 6.07) is 9.49. The topological polar surface area (TPSA) is 26.0 Å². The Hall–Kier alpha value is -0.266. The molecule has 40 valence electrons. The molecule has 0 amide bonds. The van der Waals surface area contributed by atoms with Crippen molar-refractivity contribution in [2.24, 2.45) is 0 Å². The van der Waals surface area contributed by atoms with Crippen molar-refractivity contribution in [1.29, 1.82) is 0 Å². The second kappa shape index (κ2) is 3.70. The maximum absolute atomic E-state index is 5.36. The molecule has 0 spiro atoms. The molecule has 1 rings (SSSR count). The Labute approximate surface area is 63.8 Å². The summed E-state index contributed by atoms with van der Waals surface area (Å²) < 4.78 is 0. The first-order chi connectivity index (χ1) is 3.39. The van der Waals surface area contributed by atoms with Crippen molar-refractivity contribution >= 4 is 5.69 Å². The van der Waals surface area contributed by atoms with Crippen LogP contribution in [0, 0.1) is 0 Å². The number of hydrogen-bond donors (Lipinski definition) is 1. The molecule has 0 heterocycles. The van der Waals surface area contributed by atoms with Gasteiger partial charge in [0.1, 0.15) is 0 Å². The third-order valence-electron chi connectivity index (χ3n) is 0.800. The molecule has 1 aromatic carbocycles. The molecule has 0 aromatic heterocycles. The second-order valence-electron chi connectivity index (χ2n) is 1.41. The Morgan fingerprint density at radius 1 is 1.00 bits per heavy atom. The van der Waals surface area contributed by atoms with Gasteiger partial charge in [-0.2, -0.15) is 0 Å². The van der Waals surface area contributed by atoms with Crippen LogP contribution in [0.3, 0.4) is 0 Å². The Morgan fingerprint density at radius 2 is 1.50 bits per heavy atom. The van der Waals surface area contributed by atoms with Gasteiger partial charge in [0.05, 0.1) is 0 Å². The van der Waals surface area contributed by atoms with Crippen LogP contribution in [0.4, 0.5) is 5.69 Å². The van der Waals surface area contributed by atoms with Gasteiger partial charge in [-0.1, -0.05) is 18.2 Å². The maximum atomic E-state index is 5.36. The van der Waals surface area contributed by atoms with E-state index in [1.54, 1.807) is 0 Å². The SMILES string of the molecule is Nc1ccccc1.[Ti]. The number of rotatable bonds is 0. The molecular formula is C6H7NTi. The summed E-state index contributed by atoms with van der Waals surface area (Å²) >= 11 is 0. The number of hydrogen-bond acceptors (Lipinski definition) is 1. The third-order valence-corrected chi connectivity index (χ3v) is 0.800. The van der Waals surface area contributed by atoms with E-state index in [0.717, 1.165) is 5.69 Å². The maximum Gasteiger partial charge on any atom is 0.0313 e. The zero-order chi connectivity index (χ0) is 5.11. The molecule has 0 saturated carbocycles. The third kappa shape index (κ3) is 2.15. The van der Waals surface area contributed by atoms with Crippen LogP contribution in [0.15, 0.2) is 30.3 Å². The summed E-state index contributed by atoms with van der Waals surface area (Å²) in [6.07, 6.45) is 0. The van der Waals surface area contributed by atoms with Crippen LogP contribution in [0.25, 0.3) is 0 Å². The molecule has 2 heteroatoms. The van der Waals surface area contributed by atoms with Crippen LogP contribution < -0.4 is 5.73 Å². The van der Waals surface area contributed by atoms with Gasteiger partial charge in [-0.15, -0.1) is 0 Å². The monoisotopic (exact) mass is 141 g/mol. The molecule has 0 unspecified atom stereocenters. The van der Waals surface area contributed by atoms with E-state index in [-0.39, 0.29) is 21.7 Å². The van der Waals surface area contributed by atoms with E-state index in [0.29, 0.717) is 0 Å². The first-order valence-corrected chi connectivity index (χ1v) is 2.20. The molecule has 0 bridgehead atoms. The smallest absolute Gasteiger partial charge is 0.0313 e. The van der Waals surface area contributed by atoms with E-state index in [1.807, 2.05) is 30.3 Å². The molecule has 1 aromatic rings. The fraction of sp³-hybridized carbons (Fsp3) is 0. The average Bonchev–Trinajstić information content (AvgIpc) is 1.69. The van der Waals surface area contributed by atoms with Crippen LogP contribution in [0.2, 0.25) is 0 Å². The normalized spacial score (nSPS) is 7.50. The van der Waals surface area contributed by atoms with E-state index in [4.69, 9.17) is 5.73 Å². The van der Waals surface area contributed by atoms with Crippen molar-refractivity contribution in [3.05, 3.63) is 30.3 Å². The molecule has 0 radical (unpaired) electrons. The number of nitrogen functional groups attached to an aromatic ring is 1. The van der Waals surface area contributed by atoms with Crippen molar-refractivity contribution in [3.8, 4) is 0 Å². The number of anilines is 1. The van der Waals surface area contributed by atoms with E-state index in [1.165, 1.54) is 0 Å². The molecule has 2 N–H and O–H groups in total. The average molecular weight is 141 g/mol. The van der Waals surface area contributed by atoms with Crippen molar-refractivity contribution < 1.29 is 21.7 Å². The molecule has 0 fully saturated rings. The summed E-state index contributed by atoms with van der Waals surface area (Å²) in [4.78, 5) is 0. The molecule has 8 heavy (non-hydrogen) atoms. The van der Waals surface area contributed by atoms with E-state index in [9.17, 15) is 0 Å². The van der Waals surface area contributed by atoms with E-state index in [2.05, 4.69) is 0 Å². The Kier molecular flexibility index (Phi) is 3.58. The van der Waals surface area contributed by atoms with Crippen molar-refractivity contribution in [3.63, 3.8) is 0 Å². The minimum Gasteiger partial charge on any atom is -0.399 e. The van der Waals surface area contributed by atoms with Gasteiger partial charge in [0.15, 0.2) is 0 Å². The first-order valence-electron chi connectivity index (χ1n) is 2.20. The van der Waals surface area contributed by atoms with Crippen LogP contribution in [0.1, 0.15) is 0 Å². The molecular weight excluding hydrogens is 134 g/mol. The van der Waals surface area contributed by atoms with E-state index < -0.39 is 0 Å². The zero-order valence-electron chi connectivity index (χ0n) is 4.46. The summed E-state index contributed by atoms with van der Waals surface area (Å²) in [6.45, 7) is 0. The van der Waals surface area contributed by atoms with Gasteiger partial charge in [0.2, 0.25) is 0 Å². The molecule has 1 nitrogen and oxygen atoms in total. The zero-order valence-corrected chi connectivity index (χ0v) is 6.03. The van der Waals surface area contributed by atoms with Crippen LogP contribution in [-0.4, -0.2) is 0 Å². The Bertz CT molecular complexity index is 138. The second-order valence-corrected chi connectivity index (χ2v) is 1.41. The quantitative estimate of drug-likeness (QED) is 0.427. The molecule has 0 aliphatic heterocycles. The van der Waals surface area contributed by atoms with Crippen LogP contribution in [-0.2, 0) is 21.7 Å². The minimum atomic E-state index is 0. The molecule has 0 atom stereocenters. The van der Waals surface area contributed by atoms with Gasteiger partial charge >= 0.3 is 0 Å². The predicted octanol–water partition coefficient (Wildman–Crippen LogP) is 1.27. The van der Waals surface area contributed by atoms with Gasteiger partial charge in [-0.05, 0) is 12.1 Å². The van der Waals surface area contributed by atoms with Gasteiger partial charge in [0.25, 0.3) is 0 Å². The standard InChI is InChI=1S/C6H7N.Ti/c7-6-4-2-1-3-5-6;/h1-5H,7H2;. The predicted molar refractivity (Wildman–Crippen MR) is 30.9 cm³/mol. The Morgan fingerprint density at radius 3 is 1.75 bits per heavy atom. The van der Waals surface area contributed by atoms with Crippen molar-refractivity contribution in [2.75, 3.05) is 5.73 Å². The van der Waals surface area contributed by atoms with Gasteiger partial charge in [-0.25, -0.2) is 0 Å². The summed E-state index contributed by atoms with van der Waals surface area (Å²) in [5, 5.41) is 0. The van der Waals surface area contributed by atoms with Gasteiger partial charge < -0.3 is 5.73 Å². The fourth-order valence-electron chi connectivity index (χ4n) is 0.453. The van der Waals surface area contributed by atoms with Crippen LogP contribution >= 0.6 is 0 Å². The first kappa shape index (κ1) is 7.73. The molecule has 0 saturated heterocycles. The number of benzene rings is 1. The summed E-state index contributed by atoms with van der Waals surface area (Å²) in [5.41, 5.74) is 6.18. The minimum absolute atomic E-state index is 0. The molecule has 0 aliphatic carbocycles.